The van der Waals surface area contributed by atoms with E-state index in [0.717, 1.165) is 29.7 Å². The standard InChI is InChI=1S/C23H28BrN3O4/c1-15-12-27(13-16(2)30-15)14-18-7-9-19(10-8-18)23(29)26-25-22(28)17(3)31-21-6-4-5-20(24)11-21/h4-11,15-17H,12-14H2,1-3H3,(H,25,28)(H,26,29). The lowest BCUT2D eigenvalue weighted by molar-refractivity contribution is -0.128. The van der Waals surface area contributed by atoms with Crippen molar-refractivity contribution in [1.82, 2.24) is 15.8 Å². The van der Waals surface area contributed by atoms with Crippen LogP contribution in [0.5, 0.6) is 5.75 Å². The van der Waals surface area contributed by atoms with E-state index >= 15 is 0 Å². The fourth-order valence-corrected chi connectivity index (χ4v) is 3.90. The molecule has 3 rings (SSSR count). The number of nitrogens with zero attached hydrogens (tertiary/aromatic N) is 1. The molecule has 0 bridgehead atoms. The van der Waals surface area contributed by atoms with Crippen LogP contribution < -0.4 is 15.6 Å². The fourth-order valence-electron chi connectivity index (χ4n) is 3.52. The number of carbonyl (C=O) groups is 2. The van der Waals surface area contributed by atoms with Crippen LogP contribution in [0.4, 0.5) is 0 Å². The number of rotatable bonds is 6. The molecule has 0 aliphatic carbocycles. The third-order valence-corrected chi connectivity index (χ3v) is 5.39. The van der Waals surface area contributed by atoms with E-state index in [1.54, 1.807) is 31.2 Å². The van der Waals surface area contributed by atoms with Gasteiger partial charge in [0.15, 0.2) is 6.10 Å². The molecule has 1 aliphatic heterocycles. The van der Waals surface area contributed by atoms with Gasteiger partial charge in [0.2, 0.25) is 0 Å². The van der Waals surface area contributed by atoms with Gasteiger partial charge in [0.05, 0.1) is 12.2 Å². The van der Waals surface area contributed by atoms with Gasteiger partial charge in [-0.05, 0) is 56.7 Å². The summed E-state index contributed by atoms with van der Waals surface area (Å²) in [4.78, 5) is 26.9. The zero-order chi connectivity index (χ0) is 22.4. The lowest BCUT2D eigenvalue weighted by atomic mass is 10.1. The molecule has 3 atom stereocenters. The highest BCUT2D eigenvalue weighted by molar-refractivity contribution is 9.10. The van der Waals surface area contributed by atoms with Crippen LogP contribution in [0.25, 0.3) is 0 Å². The SMILES string of the molecule is CC1CN(Cc2ccc(C(=O)NNC(=O)C(C)Oc3cccc(Br)c3)cc2)CC(C)O1. The highest BCUT2D eigenvalue weighted by Gasteiger charge is 2.22. The van der Waals surface area contributed by atoms with Gasteiger partial charge < -0.3 is 9.47 Å². The first-order chi connectivity index (χ1) is 14.8. The second-order valence-corrected chi connectivity index (χ2v) is 8.72. The summed E-state index contributed by atoms with van der Waals surface area (Å²) in [5.41, 5.74) is 6.43. The number of hydrogen-bond acceptors (Lipinski definition) is 5. The van der Waals surface area contributed by atoms with E-state index in [9.17, 15) is 9.59 Å². The molecule has 2 aromatic carbocycles. The molecule has 0 radical (unpaired) electrons. The van der Waals surface area contributed by atoms with Gasteiger partial charge in [0.1, 0.15) is 5.75 Å². The zero-order valence-electron chi connectivity index (χ0n) is 17.9. The first kappa shape index (κ1) is 23.2. The van der Waals surface area contributed by atoms with E-state index in [4.69, 9.17) is 9.47 Å². The van der Waals surface area contributed by atoms with Gasteiger partial charge in [0.25, 0.3) is 11.8 Å². The minimum Gasteiger partial charge on any atom is -0.481 e. The van der Waals surface area contributed by atoms with Gasteiger partial charge in [0, 0.05) is 29.7 Å². The van der Waals surface area contributed by atoms with Crippen molar-refractivity contribution in [2.24, 2.45) is 0 Å². The molecule has 0 aromatic heterocycles. The van der Waals surface area contributed by atoms with Crippen molar-refractivity contribution in [1.29, 1.82) is 0 Å². The minimum absolute atomic E-state index is 0.215. The predicted molar refractivity (Wildman–Crippen MR) is 122 cm³/mol. The van der Waals surface area contributed by atoms with E-state index in [1.165, 1.54) is 0 Å². The number of ether oxygens (including phenoxy) is 2. The summed E-state index contributed by atoms with van der Waals surface area (Å²) < 4.78 is 12.2. The number of halogens is 1. The van der Waals surface area contributed by atoms with Crippen LogP contribution >= 0.6 is 15.9 Å². The highest BCUT2D eigenvalue weighted by atomic mass is 79.9. The molecule has 2 N–H and O–H groups in total. The molecular weight excluding hydrogens is 462 g/mol. The van der Waals surface area contributed by atoms with Gasteiger partial charge in [-0.15, -0.1) is 0 Å². The van der Waals surface area contributed by atoms with E-state index in [1.807, 2.05) is 24.3 Å². The average molecular weight is 490 g/mol. The Labute approximate surface area is 191 Å². The van der Waals surface area contributed by atoms with Crippen LogP contribution in [0.2, 0.25) is 0 Å². The first-order valence-corrected chi connectivity index (χ1v) is 11.1. The zero-order valence-corrected chi connectivity index (χ0v) is 19.5. The Balaban J connectivity index is 1.47. The molecule has 8 heteroatoms. The van der Waals surface area contributed by atoms with E-state index in [-0.39, 0.29) is 18.1 Å². The van der Waals surface area contributed by atoms with Gasteiger partial charge in [-0.3, -0.25) is 25.3 Å². The third kappa shape index (κ3) is 7.05. The van der Waals surface area contributed by atoms with Crippen molar-refractivity contribution in [2.75, 3.05) is 13.1 Å². The van der Waals surface area contributed by atoms with Crippen molar-refractivity contribution in [3.8, 4) is 5.75 Å². The lowest BCUT2D eigenvalue weighted by Gasteiger charge is -2.35. The first-order valence-electron chi connectivity index (χ1n) is 10.3. The second-order valence-electron chi connectivity index (χ2n) is 7.81. The monoisotopic (exact) mass is 489 g/mol. The summed E-state index contributed by atoms with van der Waals surface area (Å²) in [6.45, 7) is 8.35. The maximum atomic E-state index is 12.4. The van der Waals surface area contributed by atoms with Crippen molar-refractivity contribution in [2.45, 2.75) is 45.6 Å². The lowest BCUT2D eigenvalue weighted by Crippen LogP contribution is -2.47. The molecule has 1 fully saturated rings. The normalized spacial score (nSPS) is 20.0. The molecule has 1 heterocycles. The summed E-state index contributed by atoms with van der Waals surface area (Å²) in [7, 11) is 0. The van der Waals surface area contributed by atoms with Gasteiger partial charge in [-0.25, -0.2) is 0 Å². The fraction of sp³-hybridized carbons (Fsp3) is 0.391. The Kier molecular flexibility index (Phi) is 8.06. The largest absolute Gasteiger partial charge is 0.481 e. The smallest absolute Gasteiger partial charge is 0.279 e. The molecular formula is C23H28BrN3O4. The number of carbonyl (C=O) groups excluding carboxylic acids is 2. The molecule has 7 nitrogen and oxygen atoms in total. The van der Waals surface area contributed by atoms with Crippen molar-refractivity contribution in [3.63, 3.8) is 0 Å². The Morgan fingerprint density at radius 1 is 1.13 bits per heavy atom. The van der Waals surface area contributed by atoms with Crippen LogP contribution in [0.3, 0.4) is 0 Å². The Bertz CT molecular complexity index is 896. The Morgan fingerprint density at radius 3 is 2.45 bits per heavy atom. The van der Waals surface area contributed by atoms with Gasteiger partial charge in [-0.2, -0.15) is 0 Å². The molecule has 31 heavy (non-hydrogen) atoms. The summed E-state index contributed by atoms with van der Waals surface area (Å²) >= 11 is 3.36. The maximum Gasteiger partial charge on any atom is 0.279 e. The maximum absolute atomic E-state index is 12.4. The van der Waals surface area contributed by atoms with Gasteiger partial charge in [-0.1, -0.05) is 34.1 Å². The van der Waals surface area contributed by atoms with E-state index < -0.39 is 12.0 Å². The number of benzene rings is 2. The molecule has 0 spiro atoms. The average Bonchev–Trinajstić information content (AvgIpc) is 2.71. The summed E-state index contributed by atoms with van der Waals surface area (Å²) in [6.07, 6.45) is -0.338. The van der Waals surface area contributed by atoms with Gasteiger partial charge >= 0.3 is 0 Å². The molecule has 1 aliphatic rings. The predicted octanol–water partition coefficient (Wildman–Crippen LogP) is 3.29. The minimum atomic E-state index is -0.768. The van der Waals surface area contributed by atoms with Crippen molar-refractivity contribution >= 4 is 27.7 Å². The number of nitrogens with one attached hydrogen (secondary N) is 2. The Morgan fingerprint density at radius 2 is 1.81 bits per heavy atom. The topological polar surface area (TPSA) is 79.9 Å². The molecule has 2 aromatic rings. The summed E-state index contributed by atoms with van der Waals surface area (Å²) in [6, 6.07) is 14.6. The Hall–Kier alpha value is -2.42. The van der Waals surface area contributed by atoms with Crippen LogP contribution in [-0.2, 0) is 16.1 Å². The number of morpholine rings is 1. The quantitative estimate of drug-likeness (QED) is 0.608. The van der Waals surface area contributed by atoms with Crippen LogP contribution in [0.1, 0.15) is 36.7 Å². The van der Waals surface area contributed by atoms with Crippen LogP contribution in [0.15, 0.2) is 53.0 Å². The van der Waals surface area contributed by atoms with Crippen LogP contribution in [0, 0.1) is 0 Å². The summed E-state index contributed by atoms with van der Waals surface area (Å²) in [5, 5.41) is 0. The van der Waals surface area contributed by atoms with E-state index in [0.29, 0.717) is 11.3 Å². The van der Waals surface area contributed by atoms with Crippen molar-refractivity contribution in [3.05, 3.63) is 64.1 Å². The van der Waals surface area contributed by atoms with Crippen LogP contribution in [-0.4, -0.2) is 48.1 Å². The second kappa shape index (κ2) is 10.7. The molecule has 1 saturated heterocycles. The molecule has 166 valence electrons. The number of amides is 2. The third-order valence-electron chi connectivity index (χ3n) is 4.89. The number of hydrazine groups is 1. The van der Waals surface area contributed by atoms with E-state index in [2.05, 4.69) is 45.5 Å². The van der Waals surface area contributed by atoms with Crippen molar-refractivity contribution < 1.29 is 19.1 Å². The molecule has 0 saturated carbocycles. The summed E-state index contributed by atoms with van der Waals surface area (Å²) in [5.74, 6) is -0.272. The number of hydrogen-bond donors (Lipinski definition) is 2. The molecule has 2 amide bonds. The highest BCUT2D eigenvalue weighted by Crippen LogP contribution is 2.19. The molecule has 3 unspecified atom stereocenters.